The fourth-order valence-corrected chi connectivity index (χ4v) is 6.59. The number of hydrogen-bond donors (Lipinski definition) is 1. The molecular weight excluding hydrogens is 617 g/mol. The summed E-state index contributed by atoms with van der Waals surface area (Å²) >= 11 is 12.7. The Hall–Kier alpha value is -3.85. The minimum Gasteiger partial charge on any atom is -0.350 e. The summed E-state index contributed by atoms with van der Waals surface area (Å²) in [5.41, 5.74) is 1.11. The summed E-state index contributed by atoms with van der Waals surface area (Å²) in [6, 6.07) is 29.6. The summed E-state index contributed by atoms with van der Waals surface area (Å²) < 4.78 is 29.0. The molecule has 2 amide bonds. The lowest BCUT2D eigenvalue weighted by Crippen LogP contribution is -2.56. The zero-order chi connectivity index (χ0) is 31.9. The number of para-hydroxylation sites is 1. The maximum atomic E-state index is 14.5. The molecule has 10 heteroatoms. The van der Waals surface area contributed by atoms with Crippen LogP contribution in [0.25, 0.3) is 0 Å². The number of carbonyl (C=O) groups excluding carboxylic acids is 2. The Bertz CT molecular complexity index is 1680. The van der Waals surface area contributed by atoms with Crippen molar-refractivity contribution in [2.75, 3.05) is 10.8 Å². The fourth-order valence-electron chi connectivity index (χ4n) is 4.68. The molecule has 0 saturated heterocycles. The summed E-state index contributed by atoms with van der Waals surface area (Å²) in [5.74, 6) is -0.957. The second-order valence-electron chi connectivity index (χ2n) is 11.4. The first kappa shape index (κ1) is 33.1. The van der Waals surface area contributed by atoms with Crippen LogP contribution in [0.4, 0.5) is 5.69 Å². The number of sulfonamides is 1. The Morgan fingerprint density at radius 1 is 0.818 bits per heavy atom. The summed E-state index contributed by atoms with van der Waals surface area (Å²) in [6.45, 7) is 4.96. The van der Waals surface area contributed by atoms with E-state index >= 15 is 0 Å². The molecule has 4 aromatic rings. The van der Waals surface area contributed by atoms with E-state index in [1.807, 2.05) is 51.1 Å². The van der Waals surface area contributed by atoms with Crippen LogP contribution in [0.5, 0.6) is 0 Å². The fraction of sp³-hybridized carbons (Fsp3) is 0.235. The van der Waals surface area contributed by atoms with Crippen LogP contribution >= 0.6 is 23.2 Å². The number of rotatable bonds is 11. The minimum absolute atomic E-state index is 0.0373. The molecule has 0 fully saturated rings. The molecule has 44 heavy (non-hydrogen) atoms. The highest BCUT2D eigenvalue weighted by atomic mass is 35.5. The van der Waals surface area contributed by atoms with E-state index in [-0.39, 0.29) is 23.8 Å². The van der Waals surface area contributed by atoms with Gasteiger partial charge in [0, 0.05) is 28.5 Å². The maximum absolute atomic E-state index is 14.5. The molecule has 0 radical (unpaired) electrons. The number of carbonyl (C=O) groups is 2. The highest BCUT2D eigenvalue weighted by molar-refractivity contribution is 7.92. The third-order valence-corrected chi connectivity index (χ3v) is 9.15. The van der Waals surface area contributed by atoms with Crippen LogP contribution in [0.1, 0.15) is 31.9 Å². The Morgan fingerprint density at radius 3 is 1.95 bits per heavy atom. The van der Waals surface area contributed by atoms with Crippen molar-refractivity contribution in [1.29, 1.82) is 0 Å². The quantitative estimate of drug-likeness (QED) is 0.194. The van der Waals surface area contributed by atoms with E-state index in [0.29, 0.717) is 21.3 Å². The minimum atomic E-state index is -4.16. The molecule has 0 spiro atoms. The summed E-state index contributed by atoms with van der Waals surface area (Å²) in [7, 11) is -4.16. The van der Waals surface area contributed by atoms with Crippen molar-refractivity contribution in [2.24, 2.45) is 0 Å². The van der Waals surface area contributed by atoms with Gasteiger partial charge in [-0.25, -0.2) is 8.42 Å². The van der Waals surface area contributed by atoms with Crippen LogP contribution in [0, 0.1) is 0 Å². The van der Waals surface area contributed by atoms with Gasteiger partial charge in [-0.15, -0.1) is 0 Å². The Kier molecular flexibility index (Phi) is 10.7. The molecular formula is C34H35Cl2N3O4S. The van der Waals surface area contributed by atoms with Gasteiger partial charge in [-0.2, -0.15) is 0 Å². The number of amides is 2. The van der Waals surface area contributed by atoms with Crippen molar-refractivity contribution >= 4 is 50.7 Å². The Balaban J connectivity index is 1.82. The molecule has 0 saturated carbocycles. The predicted octanol–water partition coefficient (Wildman–Crippen LogP) is 6.74. The number of nitrogens with zero attached hydrogens (tertiary/aromatic N) is 2. The lowest BCUT2D eigenvalue weighted by atomic mass is 10.0. The van der Waals surface area contributed by atoms with Gasteiger partial charge < -0.3 is 10.2 Å². The third-order valence-electron chi connectivity index (χ3n) is 6.78. The molecule has 0 aliphatic heterocycles. The van der Waals surface area contributed by atoms with Crippen LogP contribution < -0.4 is 9.62 Å². The highest BCUT2D eigenvalue weighted by Gasteiger charge is 2.35. The van der Waals surface area contributed by atoms with Gasteiger partial charge in [0.05, 0.1) is 10.6 Å². The largest absolute Gasteiger partial charge is 0.350 e. The van der Waals surface area contributed by atoms with Gasteiger partial charge in [-0.1, -0.05) is 96.0 Å². The first-order chi connectivity index (χ1) is 20.8. The van der Waals surface area contributed by atoms with Gasteiger partial charge >= 0.3 is 0 Å². The molecule has 0 aliphatic rings. The SMILES string of the molecule is CC(C)(C)NC(=O)[C@@H](Cc1ccccc1)N(Cc1ccc(Cl)cc1Cl)C(=O)CN(c1ccccc1)S(=O)(=O)c1ccccc1. The average molecular weight is 653 g/mol. The van der Waals surface area contributed by atoms with Crippen LogP contribution in [-0.2, 0) is 32.6 Å². The third kappa shape index (κ3) is 8.62. The van der Waals surface area contributed by atoms with Gasteiger partial charge in [0.15, 0.2) is 0 Å². The van der Waals surface area contributed by atoms with Gasteiger partial charge in [-0.05, 0) is 68.3 Å². The van der Waals surface area contributed by atoms with Crippen molar-refractivity contribution < 1.29 is 18.0 Å². The second kappa shape index (κ2) is 14.3. The van der Waals surface area contributed by atoms with Crippen molar-refractivity contribution in [3.63, 3.8) is 0 Å². The molecule has 0 unspecified atom stereocenters. The molecule has 0 bridgehead atoms. The zero-order valence-corrected chi connectivity index (χ0v) is 27.1. The lowest BCUT2D eigenvalue weighted by Gasteiger charge is -2.35. The number of nitrogens with one attached hydrogen (secondary N) is 1. The average Bonchev–Trinajstić information content (AvgIpc) is 2.99. The van der Waals surface area contributed by atoms with Gasteiger partial charge in [0.2, 0.25) is 11.8 Å². The molecule has 0 aromatic heterocycles. The van der Waals surface area contributed by atoms with E-state index in [1.54, 1.807) is 66.7 Å². The van der Waals surface area contributed by atoms with E-state index in [9.17, 15) is 18.0 Å². The summed E-state index contributed by atoms with van der Waals surface area (Å²) in [5, 5.41) is 3.75. The number of hydrogen-bond acceptors (Lipinski definition) is 4. The van der Waals surface area contributed by atoms with E-state index in [1.165, 1.54) is 17.0 Å². The van der Waals surface area contributed by atoms with Crippen molar-refractivity contribution in [2.45, 2.75) is 50.2 Å². The van der Waals surface area contributed by atoms with Crippen LogP contribution in [0.3, 0.4) is 0 Å². The standard InChI is InChI=1S/C34H35Cl2N3O4S/c1-34(2,3)37-33(41)31(21-25-13-7-4-8-14-25)38(23-26-19-20-27(35)22-30(26)36)32(40)24-39(28-15-9-5-10-16-28)44(42,43)29-17-11-6-12-18-29/h4-20,22,31H,21,23-24H2,1-3H3,(H,37,41)/t31-/m1/s1. The van der Waals surface area contributed by atoms with Gasteiger partial charge in [0.1, 0.15) is 12.6 Å². The molecule has 4 aromatic carbocycles. The van der Waals surface area contributed by atoms with E-state index in [4.69, 9.17) is 23.2 Å². The summed E-state index contributed by atoms with van der Waals surface area (Å²) in [4.78, 5) is 29.8. The van der Waals surface area contributed by atoms with Crippen molar-refractivity contribution in [1.82, 2.24) is 10.2 Å². The van der Waals surface area contributed by atoms with E-state index in [0.717, 1.165) is 9.87 Å². The molecule has 7 nitrogen and oxygen atoms in total. The zero-order valence-electron chi connectivity index (χ0n) is 24.8. The lowest BCUT2D eigenvalue weighted by molar-refractivity contribution is -0.140. The van der Waals surface area contributed by atoms with Crippen LogP contribution in [-0.4, -0.2) is 43.3 Å². The van der Waals surface area contributed by atoms with Gasteiger partial charge in [0.25, 0.3) is 10.0 Å². The van der Waals surface area contributed by atoms with Crippen LogP contribution in [0.15, 0.2) is 114 Å². The topological polar surface area (TPSA) is 86.8 Å². The number of benzene rings is 4. The smallest absolute Gasteiger partial charge is 0.264 e. The molecule has 0 heterocycles. The normalized spacial score (nSPS) is 12.3. The Labute approximate surface area is 269 Å². The van der Waals surface area contributed by atoms with Crippen molar-refractivity contribution in [3.05, 3.63) is 130 Å². The van der Waals surface area contributed by atoms with Crippen molar-refractivity contribution in [3.8, 4) is 0 Å². The van der Waals surface area contributed by atoms with E-state index in [2.05, 4.69) is 5.32 Å². The van der Waals surface area contributed by atoms with Crippen LogP contribution in [0.2, 0.25) is 10.0 Å². The molecule has 230 valence electrons. The molecule has 1 atom stereocenters. The predicted molar refractivity (Wildman–Crippen MR) is 176 cm³/mol. The monoisotopic (exact) mass is 651 g/mol. The first-order valence-electron chi connectivity index (χ1n) is 14.1. The van der Waals surface area contributed by atoms with Gasteiger partial charge in [-0.3, -0.25) is 13.9 Å². The molecule has 1 N–H and O–H groups in total. The molecule has 0 aliphatic carbocycles. The maximum Gasteiger partial charge on any atom is 0.264 e. The second-order valence-corrected chi connectivity index (χ2v) is 14.1. The first-order valence-corrected chi connectivity index (χ1v) is 16.3. The highest BCUT2D eigenvalue weighted by Crippen LogP contribution is 2.27. The number of halogens is 2. The van der Waals surface area contributed by atoms with E-state index < -0.39 is 34.1 Å². The number of anilines is 1. The Morgan fingerprint density at radius 2 is 1.39 bits per heavy atom. The molecule has 4 rings (SSSR count). The summed E-state index contributed by atoms with van der Waals surface area (Å²) in [6.07, 6.45) is 0.191.